The van der Waals surface area contributed by atoms with E-state index in [2.05, 4.69) is 5.32 Å². The Kier molecular flexibility index (Phi) is 4.47. The van der Waals surface area contributed by atoms with Gasteiger partial charge < -0.3 is 5.32 Å². The van der Waals surface area contributed by atoms with Crippen LogP contribution in [0.3, 0.4) is 0 Å². The van der Waals surface area contributed by atoms with E-state index in [1.807, 2.05) is 30.3 Å². The van der Waals surface area contributed by atoms with Gasteiger partial charge in [-0.15, -0.1) is 11.3 Å². The highest BCUT2D eigenvalue weighted by Crippen LogP contribution is 2.27. The van der Waals surface area contributed by atoms with Gasteiger partial charge in [-0.25, -0.2) is 0 Å². The molecule has 1 amide bonds. The van der Waals surface area contributed by atoms with Gasteiger partial charge in [-0.2, -0.15) is 0 Å². The predicted molar refractivity (Wildman–Crippen MR) is 78.2 cm³/mol. The van der Waals surface area contributed by atoms with Crippen LogP contribution in [-0.4, -0.2) is 17.4 Å². The Morgan fingerprint density at radius 1 is 1.35 bits per heavy atom. The Bertz CT molecular complexity index is 623. The van der Waals surface area contributed by atoms with Gasteiger partial charge in [-0.05, 0) is 18.9 Å². The second-order valence-corrected chi connectivity index (χ2v) is 5.56. The van der Waals surface area contributed by atoms with Gasteiger partial charge in [0.05, 0.1) is 14.7 Å². The smallest absolute Gasteiger partial charge is 0.283 e. The Hall–Kier alpha value is -2.21. The molecule has 0 aliphatic carbocycles. The van der Waals surface area contributed by atoms with E-state index >= 15 is 0 Å². The third-order valence-electron chi connectivity index (χ3n) is 2.85. The largest absolute Gasteiger partial charge is 0.351 e. The third kappa shape index (κ3) is 3.42. The predicted octanol–water partition coefficient (Wildman–Crippen LogP) is 2.94. The number of rotatable bonds is 5. The zero-order valence-electron chi connectivity index (χ0n) is 11.0. The first-order valence-electron chi connectivity index (χ1n) is 6.15. The van der Waals surface area contributed by atoms with E-state index in [-0.39, 0.29) is 11.6 Å². The third-order valence-corrected chi connectivity index (χ3v) is 3.89. The van der Waals surface area contributed by atoms with Crippen LogP contribution in [-0.2, 0) is 6.42 Å². The Balaban J connectivity index is 1.92. The standard InChI is InChI=1S/C14H14N2O3S/c1-10-12(16(18)19)9-13(20-10)14(17)15-8-7-11-5-3-2-4-6-11/h2-6,9H,7-8H2,1H3,(H,15,17). The maximum atomic E-state index is 11.9. The summed E-state index contributed by atoms with van der Waals surface area (Å²) < 4.78 is 0. The lowest BCUT2D eigenvalue weighted by Crippen LogP contribution is -2.24. The first-order valence-corrected chi connectivity index (χ1v) is 6.96. The maximum Gasteiger partial charge on any atom is 0.283 e. The summed E-state index contributed by atoms with van der Waals surface area (Å²) in [5.41, 5.74) is 1.14. The van der Waals surface area contributed by atoms with Gasteiger partial charge in [0.25, 0.3) is 11.6 Å². The molecule has 1 N–H and O–H groups in total. The van der Waals surface area contributed by atoms with E-state index in [0.29, 0.717) is 16.3 Å². The van der Waals surface area contributed by atoms with Crippen LogP contribution in [0.1, 0.15) is 20.1 Å². The molecule has 0 atom stereocenters. The van der Waals surface area contributed by atoms with E-state index in [9.17, 15) is 14.9 Å². The number of hydrogen-bond acceptors (Lipinski definition) is 4. The van der Waals surface area contributed by atoms with Crippen molar-refractivity contribution in [2.45, 2.75) is 13.3 Å². The van der Waals surface area contributed by atoms with Crippen molar-refractivity contribution in [1.29, 1.82) is 0 Å². The molecule has 2 aromatic rings. The molecule has 0 radical (unpaired) electrons. The summed E-state index contributed by atoms with van der Waals surface area (Å²) >= 11 is 1.14. The van der Waals surface area contributed by atoms with Crippen molar-refractivity contribution in [3.05, 3.63) is 61.8 Å². The fourth-order valence-electron chi connectivity index (χ4n) is 1.82. The summed E-state index contributed by atoms with van der Waals surface area (Å²) in [7, 11) is 0. The van der Waals surface area contributed by atoms with E-state index in [0.717, 1.165) is 23.3 Å². The number of carbonyl (C=O) groups excluding carboxylic acids is 1. The van der Waals surface area contributed by atoms with Gasteiger partial charge in [0.2, 0.25) is 0 Å². The van der Waals surface area contributed by atoms with Crippen LogP contribution in [0.5, 0.6) is 0 Å². The molecule has 0 fully saturated rings. The van der Waals surface area contributed by atoms with Gasteiger partial charge in [-0.3, -0.25) is 14.9 Å². The zero-order chi connectivity index (χ0) is 14.5. The van der Waals surface area contributed by atoms with Crippen molar-refractivity contribution in [3.8, 4) is 0 Å². The number of benzene rings is 1. The lowest BCUT2D eigenvalue weighted by atomic mass is 10.1. The van der Waals surface area contributed by atoms with E-state index in [4.69, 9.17) is 0 Å². The number of nitrogens with one attached hydrogen (secondary N) is 1. The topological polar surface area (TPSA) is 72.2 Å². The number of aryl methyl sites for hydroxylation is 1. The molecule has 0 bridgehead atoms. The second-order valence-electron chi connectivity index (χ2n) is 4.30. The summed E-state index contributed by atoms with van der Waals surface area (Å²) in [6.07, 6.45) is 0.735. The first kappa shape index (κ1) is 14.2. The minimum absolute atomic E-state index is 0.00297. The average Bonchev–Trinajstić information content (AvgIpc) is 2.82. The highest BCUT2D eigenvalue weighted by Gasteiger charge is 2.19. The van der Waals surface area contributed by atoms with E-state index in [1.165, 1.54) is 6.07 Å². The number of hydrogen-bond donors (Lipinski definition) is 1. The minimum atomic E-state index is -0.466. The van der Waals surface area contributed by atoms with Gasteiger partial charge in [0.1, 0.15) is 0 Å². The molecule has 0 saturated carbocycles. The molecule has 0 spiro atoms. The average molecular weight is 290 g/mol. The quantitative estimate of drug-likeness (QED) is 0.679. The van der Waals surface area contributed by atoms with Gasteiger partial charge >= 0.3 is 0 Å². The molecule has 20 heavy (non-hydrogen) atoms. The van der Waals surface area contributed by atoms with E-state index < -0.39 is 4.92 Å². The van der Waals surface area contributed by atoms with Crippen LogP contribution >= 0.6 is 11.3 Å². The lowest BCUT2D eigenvalue weighted by Gasteiger charge is -2.03. The summed E-state index contributed by atoms with van der Waals surface area (Å²) in [5.74, 6) is -0.262. The van der Waals surface area contributed by atoms with Crippen LogP contribution < -0.4 is 5.32 Å². The molecule has 104 valence electrons. The van der Waals surface area contributed by atoms with Crippen LogP contribution in [0.4, 0.5) is 5.69 Å². The van der Waals surface area contributed by atoms with Crippen molar-refractivity contribution < 1.29 is 9.72 Å². The molecule has 6 heteroatoms. The molecule has 0 unspecified atom stereocenters. The molecular formula is C14H14N2O3S. The number of nitro groups is 1. The monoisotopic (exact) mass is 290 g/mol. The van der Waals surface area contributed by atoms with Crippen molar-refractivity contribution >= 4 is 22.9 Å². The molecule has 1 heterocycles. The Labute approximate surface area is 120 Å². The molecule has 5 nitrogen and oxygen atoms in total. The molecule has 1 aromatic carbocycles. The molecule has 2 rings (SSSR count). The van der Waals surface area contributed by atoms with Gasteiger partial charge in [-0.1, -0.05) is 30.3 Å². The first-order chi connectivity index (χ1) is 9.58. The number of amides is 1. The second kappa shape index (κ2) is 6.29. The van der Waals surface area contributed by atoms with Crippen molar-refractivity contribution in [2.24, 2.45) is 0 Å². The molecule has 0 saturated heterocycles. The number of thiophene rings is 1. The molecule has 1 aromatic heterocycles. The minimum Gasteiger partial charge on any atom is -0.351 e. The molecule has 0 aliphatic rings. The van der Waals surface area contributed by atoms with Crippen molar-refractivity contribution in [3.63, 3.8) is 0 Å². The summed E-state index contributed by atoms with van der Waals surface area (Å²) in [6, 6.07) is 11.2. The SMILES string of the molecule is Cc1sc(C(=O)NCCc2ccccc2)cc1[N+](=O)[O-]. The zero-order valence-corrected chi connectivity index (χ0v) is 11.8. The van der Waals surface area contributed by atoms with Crippen LogP contribution in [0.25, 0.3) is 0 Å². The number of carbonyl (C=O) groups is 1. The Morgan fingerprint density at radius 2 is 2.05 bits per heavy atom. The van der Waals surface area contributed by atoms with Gasteiger partial charge in [0.15, 0.2) is 0 Å². The summed E-state index contributed by atoms with van der Waals surface area (Å²) in [5, 5.41) is 13.5. The Morgan fingerprint density at radius 3 is 2.65 bits per heavy atom. The highest BCUT2D eigenvalue weighted by atomic mass is 32.1. The normalized spacial score (nSPS) is 10.2. The fraction of sp³-hybridized carbons (Fsp3) is 0.214. The summed E-state index contributed by atoms with van der Waals surface area (Å²) in [4.78, 5) is 23.1. The van der Waals surface area contributed by atoms with Crippen LogP contribution in [0.2, 0.25) is 0 Å². The summed E-state index contributed by atoms with van der Waals surface area (Å²) in [6.45, 7) is 2.15. The lowest BCUT2D eigenvalue weighted by molar-refractivity contribution is -0.385. The van der Waals surface area contributed by atoms with E-state index in [1.54, 1.807) is 6.92 Å². The maximum absolute atomic E-state index is 11.9. The number of nitrogens with zero attached hydrogens (tertiary/aromatic N) is 1. The fourth-order valence-corrected chi connectivity index (χ4v) is 2.72. The van der Waals surface area contributed by atoms with Crippen LogP contribution in [0.15, 0.2) is 36.4 Å². The van der Waals surface area contributed by atoms with Crippen LogP contribution in [0, 0.1) is 17.0 Å². The highest BCUT2D eigenvalue weighted by molar-refractivity contribution is 7.14. The molecular weight excluding hydrogens is 276 g/mol. The van der Waals surface area contributed by atoms with Crippen molar-refractivity contribution in [1.82, 2.24) is 5.32 Å². The van der Waals surface area contributed by atoms with Gasteiger partial charge in [0, 0.05) is 12.6 Å². The molecule has 0 aliphatic heterocycles. The van der Waals surface area contributed by atoms with Crippen molar-refractivity contribution in [2.75, 3.05) is 6.54 Å².